The van der Waals surface area contributed by atoms with E-state index in [2.05, 4.69) is 81.0 Å². The van der Waals surface area contributed by atoms with Gasteiger partial charge in [-0.05, 0) is 69.2 Å². The molecule has 0 saturated carbocycles. The van der Waals surface area contributed by atoms with Crippen molar-refractivity contribution in [1.29, 1.82) is 0 Å². The van der Waals surface area contributed by atoms with Crippen molar-refractivity contribution < 1.29 is 28.6 Å². The van der Waals surface area contributed by atoms with Gasteiger partial charge in [-0.3, -0.25) is 4.98 Å². The Kier molecular flexibility index (Phi) is 7.12. The summed E-state index contributed by atoms with van der Waals surface area (Å²) in [5, 5.41) is 2.81. The van der Waals surface area contributed by atoms with Crippen molar-refractivity contribution in [1.82, 2.24) is 15.0 Å². The Morgan fingerprint density at radius 3 is 2.41 bits per heavy atom. The van der Waals surface area contributed by atoms with Gasteiger partial charge in [-0.25, -0.2) is 4.98 Å². The van der Waals surface area contributed by atoms with Gasteiger partial charge in [0.1, 0.15) is 4.83 Å². The molecule has 5 heterocycles. The number of benzene rings is 2. The van der Waals surface area contributed by atoms with Crippen LogP contribution in [0.1, 0.15) is 36.9 Å². The normalized spacial score (nSPS) is 12.4. The predicted octanol–water partition coefficient (Wildman–Crippen LogP) is 9.45. The Morgan fingerprint density at radius 2 is 1.66 bits per heavy atom. The molecular formula is C35H29IrN3OS-2. The average Bonchev–Trinajstić information content (AvgIpc) is 3.50. The summed E-state index contributed by atoms with van der Waals surface area (Å²) in [5.74, 6) is 0. The van der Waals surface area contributed by atoms with Crippen LogP contribution in [0.25, 0.3) is 54.8 Å². The molecule has 0 amide bonds. The molecule has 207 valence electrons. The third-order valence-corrected chi connectivity index (χ3v) is 8.33. The molecule has 0 fully saturated rings. The minimum atomic E-state index is -2.27. The molecule has 4 nitrogen and oxygen atoms in total. The van der Waals surface area contributed by atoms with Gasteiger partial charge in [-0.2, -0.15) is 0 Å². The summed E-state index contributed by atoms with van der Waals surface area (Å²) in [5.41, 5.74) is 9.51. The van der Waals surface area contributed by atoms with Gasteiger partial charge in [0.15, 0.2) is 0 Å². The fourth-order valence-corrected chi connectivity index (χ4v) is 5.63. The van der Waals surface area contributed by atoms with Crippen LogP contribution < -0.4 is 0 Å². The van der Waals surface area contributed by atoms with Gasteiger partial charge in [0.25, 0.3) is 0 Å². The van der Waals surface area contributed by atoms with Crippen molar-refractivity contribution in [2.75, 3.05) is 0 Å². The Balaban J connectivity index is 0.000000204. The number of furan rings is 1. The summed E-state index contributed by atoms with van der Waals surface area (Å²) in [4.78, 5) is 15.7. The maximum Gasteiger partial charge on any atom is 0.216 e. The summed E-state index contributed by atoms with van der Waals surface area (Å²) in [6.07, 6.45) is 1.92. The number of hydrogen-bond acceptors (Lipinski definition) is 5. The molecule has 0 atom stereocenters. The van der Waals surface area contributed by atoms with Crippen molar-refractivity contribution in [3.05, 3.63) is 112 Å². The van der Waals surface area contributed by atoms with Crippen LogP contribution in [0.5, 0.6) is 0 Å². The van der Waals surface area contributed by atoms with E-state index in [1.54, 1.807) is 17.4 Å². The van der Waals surface area contributed by atoms with Gasteiger partial charge in [-0.1, -0.05) is 41.6 Å². The van der Waals surface area contributed by atoms with E-state index < -0.39 is 6.85 Å². The van der Waals surface area contributed by atoms with Crippen LogP contribution in [0.3, 0.4) is 0 Å². The Bertz CT molecular complexity index is 2130. The summed E-state index contributed by atoms with van der Waals surface area (Å²) in [6, 6.07) is 25.8. The number of aromatic nitrogens is 3. The zero-order valence-electron chi connectivity index (χ0n) is 26.3. The minimum Gasteiger partial charge on any atom is -0.486 e. The second kappa shape index (κ2) is 11.7. The fraction of sp³-hybridized carbons (Fsp3) is 0.171. The minimum absolute atomic E-state index is 0. The maximum atomic E-state index is 7.57. The molecule has 6 heteroatoms. The summed E-state index contributed by atoms with van der Waals surface area (Å²) >= 11 is 1.67. The van der Waals surface area contributed by atoms with Crippen LogP contribution >= 0.6 is 11.3 Å². The number of rotatable bonds is 2. The molecule has 0 aliphatic rings. The summed E-state index contributed by atoms with van der Waals surface area (Å²) < 4.78 is 28.7. The van der Waals surface area contributed by atoms with Crippen LogP contribution in [0.2, 0.25) is 0 Å². The third-order valence-electron chi connectivity index (χ3n) is 7.21. The van der Waals surface area contributed by atoms with Crippen LogP contribution in [-0.4, -0.2) is 15.0 Å². The average molecular weight is 735 g/mol. The first kappa shape index (κ1) is 25.0. The maximum absolute atomic E-state index is 7.57. The van der Waals surface area contributed by atoms with E-state index in [-0.39, 0.29) is 25.8 Å². The molecule has 2 aromatic carbocycles. The van der Waals surface area contributed by atoms with Crippen LogP contribution in [-0.2, 0) is 20.1 Å². The zero-order valence-corrected chi connectivity index (χ0v) is 26.6. The van der Waals surface area contributed by atoms with Crippen molar-refractivity contribution in [3.8, 4) is 22.5 Å². The van der Waals surface area contributed by atoms with Crippen LogP contribution in [0.4, 0.5) is 0 Å². The second-order valence-corrected chi connectivity index (χ2v) is 11.2. The SMILES string of the molecule is Cc1c[c-]c(-c2cc(C)c(C)cn2)cc1.[2H]C([2H])([2H])c1ccc2c(n1)oc1c(-c3ccc4c(C)c(C)sc4n3)[c-]ccc12.[Ir]. The number of hydrogen-bond donors (Lipinski definition) is 0. The second-order valence-electron chi connectivity index (χ2n) is 10.0. The number of pyridine rings is 3. The standard InChI is InChI=1S/C21H15N2OS.C14H14N.Ir/c1-11-7-8-16-15-5-4-6-17(19(15)24-20(16)22-11)18-10-9-14-12(2)13(3)25-21(14)23-18;1-10-4-6-13(7-5-10)14-8-11(2)12(3)9-15-14;/h4-5,7-10H,1-3H3;4-6,8-9H,1-3H3;/q2*-1;/i1D3;;. The first-order chi connectivity index (χ1) is 20.5. The van der Waals surface area contributed by atoms with E-state index in [4.69, 9.17) is 13.5 Å². The van der Waals surface area contributed by atoms with Gasteiger partial charge >= 0.3 is 0 Å². The molecule has 0 unspecified atom stereocenters. The molecule has 0 aliphatic heterocycles. The smallest absolute Gasteiger partial charge is 0.216 e. The number of aryl methyl sites for hydroxylation is 6. The molecule has 0 bridgehead atoms. The molecule has 1 radical (unpaired) electrons. The molecule has 7 aromatic rings. The van der Waals surface area contributed by atoms with E-state index >= 15 is 0 Å². The predicted molar refractivity (Wildman–Crippen MR) is 166 cm³/mol. The topological polar surface area (TPSA) is 51.8 Å². The number of fused-ring (bicyclic) bond motifs is 4. The van der Waals surface area contributed by atoms with Crippen LogP contribution in [0, 0.1) is 53.6 Å². The largest absolute Gasteiger partial charge is 0.486 e. The van der Waals surface area contributed by atoms with E-state index in [1.807, 2.05) is 30.5 Å². The number of thiophene rings is 1. The van der Waals surface area contributed by atoms with Crippen molar-refractivity contribution >= 4 is 43.6 Å². The molecule has 41 heavy (non-hydrogen) atoms. The zero-order chi connectivity index (χ0) is 30.5. The Hall–Kier alpha value is -3.70. The van der Waals surface area contributed by atoms with Crippen molar-refractivity contribution in [2.24, 2.45) is 0 Å². The van der Waals surface area contributed by atoms with Gasteiger partial charge in [0.05, 0.1) is 5.58 Å². The van der Waals surface area contributed by atoms with E-state index in [0.29, 0.717) is 11.3 Å². The molecule has 5 aromatic heterocycles. The van der Waals surface area contributed by atoms with Crippen molar-refractivity contribution in [3.63, 3.8) is 0 Å². The number of nitrogens with zero attached hydrogens (tertiary/aromatic N) is 3. The molecule has 0 saturated heterocycles. The first-order valence-electron chi connectivity index (χ1n) is 14.5. The van der Waals surface area contributed by atoms with E-state index in [9.17, 15) is 0 Å². The Labute approximate surface area is 262 Å². The van der Waals surface area contributed by atoms with E-state index in [1.165, 1.54) is 33.2 Å². The van der Waals surface area contributed by atoms with Gasteiger partial charge in [0.2, 0.25) is 5.71 Å². The van der Waals surface area contributed by atoms with E-state index in [0.717, 1.165) is 43.5 Å². The molecule has 0 spiro atoms. The van der Waals surface area contributed by atoms with Gasteiger partial charge < -0.3 is 9.40 Å². The molecular weight excluding hydrogens is 703 g/mol. The fourth-order valence-electron chi connectivity index (χ4n) is 4.60. The monoisotopic (exact) mass is 735 g/mol. The van der Waals surface area contributed by atoms with Gasteiger partial charge in [-0.15, -0.1) is 64.9 Å². The quantitative estimate of drug-likeness (QED) is 0.166. The third kappa shape index (κ3) is 5.60. The summed E-state index contributed by atoms with van der Waals surface area (Å²) in [7, 11) is 0. The van der Waals surface area contributed by atoms with Gasteiger partial charge in [0, 0.05) is 51.8 Å². The van der Waals surface area contributed by atoms with Crippen molar-refractivity contribution in [2.45, 2.75) is 41.5 Å². The molecule has 0 aliphatic carbocycles. The Morgan fingerprint density at radius 1 is 0.829 bits per heavy atom. The molecule has 7 rings (SSSR count). The summed E-state index contributed by atoms with van der Waals surface area (Å²) in [6.45, 7) is 8.18. The first-order valence-corrected chi connectivity index (χ1v) is 13.8. The van der Waals surface area contributed by atoms with Crippen LogP contribution in [0.15, 0.2) is 71.3 Å². The molecule has 0 N–H and O–H groups in total.